The van der Waals surface area contributed by atoms with Crippen LogP contribution >= 0.6 is 0 Å². The van der Waals surface area contributed by atoms with Gasteiger partial charge in [0.15, 0.2) is 0 Å². The lowest BCUT2D eigenvalue weighted by Crippen LogP contribution is -1.78. The van der Waals surface area contributed by atoms with Gasteiger partial charge in [0.25, 0.3) is 9.76 Å². The number of aryl methyl sites for hydroxylation is 1. The van der Waals surface area contributed by atoms with Crippen LogP contribution in [-0.4, -0.2) is 14.6 Å². The number of benzene rings is 1. The first kappa shape index (κ1) is 8.24. The van der Waals surface area contributed by atoms with Gasteiger partial charge in [-0.1, -0.05) is 41.6 Å². The molecule has 2 heteroatoms. The van der Waals surface area contributed by atoms with E-state index in [4.69, 9.17) is 4.80 Å². The van der Waals surface area contributed by atoms with Crippen LogP contribution in [0.5, 0.6) is 0 Å². The zero-order chi connectivity index (χ0) is 8.10. The zero-order valence-electron chi connectivity index (χ0n) is 6.41. The highest BCUT2D eigenvalue weighted by Gasteiger charge is 1.84. The molecule has 0 aromatic heterocycles. The second kappa shape index (κ2) is 4.11. The van der Waals surface area contributed by atoms with E-state index in [1.165, 1.54) is 5.56 Å². The van der Waals surface area contributed by atoms with Crippen LogP contribution in [0, 0.1) is 6.92 Å². The van der Waals surface area contributed by atoms with Crippen molar-refractivity contribution in [3.8, 4) is 0 Å². The van der Waals surface area contributed by atoms with E-state index in [0.29, 0.717) is 0 Å². The summed E-state index contributed by atoms with van der Waals surface area (Å²) in [6.07, 6.45) is 1.91. The fourth-order valence-corrected chi connectivity index (χ4v) is 1.08. The SMILES string of the molecule is Cc1ccc(/C=C/[Si]O)cc1. The van der Waals surface area contributed by atoms with Gasteiger partial charge in [-0.2, -0.15) is 0 Å². The monoisotopic (exact) mass is 162 g/mol. The molecule has 1 aromatic rings. The van der Waals surface area contributed by atoms with Crippen molar-refractivity contribution in [1.29, 1.82) is 0 Å². The zero-order valence-corrected chi connectivity index (χ0v) is 7.41. The van der Waals surface area contributed by atoms with Crippen molar-refractivity contribution in [2.24, 2.45) is 0 Å². The van der Waals surface area contributed by atoms with Gasteiger partial charge in [-0.05, 0) is 12.5 Å². The van der Waals surface area contributed by atoms with E-state index in [9.17, 15) is 0 Å². The molecule has 0 amide bonds. The van der Waals surface area contributed by atoms with Gasteiger partial charge in [-0.15, -0.1) is 0 Å². The van der Waals surface area contributed by atoms with Crippen molar-refractivity contribution in [1.82, 2.24) is 0 Å². The van der Waals surface area contributed by atoms with Crippen LogP contribution in [0.1, 0.15) is 11.1 Å². The Balaban J connectivity index is 2.73. The molecule has 1 nitrogen and oxygen atoms in total. The van der Waals surface area contributed by atoms with Crippen LogP contribution < -0.4 is 0 Å². The molecule has 0 aliphatic heterocycles. The minimum atomic E-state index is -0.1000. The minimum Gasteiger partial charge on any atom is -0.428 e. The summed E-state index contributed by atoms with van der Waals surface area (Å²) >= 11 is 0. The van der Waals surface area contributed by atoms with E-state index >= 15 is 0 Å². The third kappa shape index (κ3) is 2.70. The van der Waals surface area contributed by atoms with Crippen molar-refractivity contribution in [3.63, 3.8) is 0 Å². The van der Waals surface area contributed by atoms with Crippen LogP contribution in [0.4, 0.5) is 0 Å². The van der Waals surface area contributed by atoms with Crippen molar-refractivity contribution in [2.75, 3.05) is 0 Å². The fourth-order valence-electron chi connectivity index (χ4n) is 0.811. The average Bonchev–Trinajstić information content (AvgIpc) is 2.04. The number of hydrogen-bond acceptors (Lipinski definition) is 1. The summed E-state index contributed by atoms with van der Waals surface area (Å²) in [6.45, 7) is 2.06. The maximum Gasteiger partial charge on any atom is 0.257 e. The maximum atomic E-state index is 8.52. The molecular weight excluding hydrogens is 152 g/mol. The Kier molecular flexibility index (Phi) is 3.07. The Labute approximate surface area is 69.3 Å². The molecule has 0 atom stereocenters. The first-order chi connectivity index (χ1) is 5.33. The Morgan fingerprint density at radius 1 is 1.27 bits per heavy atom. The Morgan fingerprint density at radius 2 is 1.91 bits per heavy atom. The summed E-state index contributed by atoms with van der Waals surface area (Å²) in [6, 6.07) is 8.18. The molecule has 2 radical (unpaired) electrons. The molecule has 0 saturated heterocycles. The molecule has 0 unspecified atom stereocenters. The van der Waals surface area contributed by atoms with Gasteiger partial charge >= 0.3 is 0 Å². The smallest absolute Gasteiger partial charge is 0.257 e. The van der Waals surface area contributed by atoms with Crippen molar-refractivity contribution in [2.45, 2.75) is 6.92 Å². The van der Waals surface area contributed by atoms with Gasteiger partial charge in [0.05, 0.1) is 0 Å². The van der Waals surface area contributed by atoms with Gasteiger partial charge in [-0.25, -0.2) is 0 Å². The van der Waals surface area contributed by atoms with E-state index in [0.717, 1.165) is 5.56 Å². The molecule has 1 N–H and O–H groups in total. The standard InChI is InChI=1S/C9H10OSi/c1-8-2-4-9(5-3-8)6-7-11-10/h2-7,10H,1H3/b7-6+. The first-order valence-electron chi connectivity index (χ1n) is 3.46. The summed E-state index contributed by atoms with van der Waals surface area (Å²) in [5.74, 6) is 0. The molecule has 0 aliphatic rings. The molecule has 0 saturated carbocycles. The van der Waals surface area contributed by atoms with Crippen LogP contribution in [0.25, 0.3) is 6.08 Å². The van der Waals surface area contributed by atoms with E-state index < -0.39 is 0 Å². The van der Waals surface area contributed by atoms with Gasteiger partial charge in [0.1, 0.15) is 0 Å². The second-order valence-corrected chi connectivity index (χ2v) is 2.96. The molecule has 1 aromatic carbocycles. The highest BCUT2D eigenvalue weighted by atomic mass is 28.2. The number of hydrogen-bond donors (Lipinski definition) is 1. The third-order valence-electron chi connectivity index (χ3n) is 1.43. The predicted octanol–water partition coefficient (Wildman–Crippen LogP) is 1.58. The summed E-state index contributed by atoms with van der Waals surface area (Å²) < 4.78 is 0. The molecule has 0 fully saturated rings. The lowest BCUT2D eigenvalue weighted by atomic mass is 10.2. The molecule has 1 rings (SSSR count). The summed E-state index contributed by atoms with van der Waals surface area (Å²) in [5.41, 5.74) is 4.15. The average molecular weight is 162 g/mol. The van der Waals surface area contributed by atoms with Crippen LogP contribution in [0.2, 0.25) is 0 Å². The summed E-state index contributed by atoms with van der Waals surface area (Å²) in [5, 5.41) is 0. The third-order valence-corrected chi connectivity index (χ3v) is 1.74. The Hall–Kier alpha value is -0.863. The molecule has 0 spiro atoms. The van der Waals surface area contributed by atoms with Crippen molar-refractivity contribution >= 4 is 15.8 Å². The lowest BCUT2D eigenvalue weighted by molar-refractivity contribution is 0.615. The summed E-state index contributed by atoms with van der Waals surface area (Å²) in [7, 11) is -0.1000. The van der Waals surface area contributed by atoms with E-state index in [1.54, 1.807) is 5.70 Å². The summed E-state index contributed by atoms with van der Waals surface area (Å²) in [4.78, 5) is 8.52. The molecule has 0 aliphatic carbocycles. The lowest BCUT2D eigenvalue weighted by Gasteiger charge is -1.92. The topological polar surface area (TPSA) is 20.2 Å². The normalized spacial score (nSPS) is 10.7. The molecule has 0 bridgehead atoms. The fraction of sp³-hybridized carbons (Fsp3) is 0.111. The van der Waals surface area contributed by atoms with E-state index in [2.05, 4.69) is 19.1 Å². The molecule has 11 heavy (non-hydrogen) atoms. The van der Waals surface area contributed by atoms with Crippen LogP contribution in [0.3, 0.4) is 0 Å². The van der Waals surface area contributed by atoms with Crippen molar-refractivity contribution in [3.05, 3.63) is 41.1 Å². The number of rotatable bonds is 2. The highest BCUT2D eigenvalue weighted by Crippen LogP contribution is 2.03. The van der Waals surface area contributed by atoms with Gasteiger partial charge < -0.3 is 4.80 Å². The Bertz CT molecular complexity index is 238. The quantitative estimate of drug-likeness (QED) is 0.655. The Morgan fingerprint density at radius 3 is 2.45 bits per heavy atom. The van der Waals surface area contributed by atoms with Gasteiger partial charge in [0.2, 0.25) is 0 Å². The van der Waals surface area contributed by atoms with E-state index in [1.807, 2.05) is 18.2 Å². The maximum absolute atomic E-state index is 8.52. The minimum absolute atomic E-state index is 0.1000. The van der Waals surface area contributed by atoms with Gasteiger partial charge in [0, 0.05) is 0 Å². The van der Waals surface area contributed by atoms with Crippen molar-refractivity contribution < 1.29 is 4.80 Å². The van der Waals surface area contributed by atoms with Crippen LogP contribution in [0.15, 0.2) is 30.0 Å². The predicted molar refractivity (Wildman–Crippen MR) is 48.2 cm³/mol. The van der Waals surface area contributed by atoms with E-state index in [-0.39, 0.29) is 9.76 Å². The first-order valence-corrected chi connectivity index (χ1v) is 4.48. The molecule has 0 heterocycles. The highest BCUT2D eigenvalue weighted by molar-refractivity contribution is 6.33. The molecule has 56 valence electrons. The van der Waals surface area contributed by atoms with Crippen LogP contribution in [-0.2, 0) is 0 Å². The van der Waals surface area contributed by atoms with Gasteiger partial charge in [-0.3, -0.25) is 0 Å². The second-order valence-electron chi connectivity index (χ2n) is 2.37. The molecular formula is C9H10OSi. The largest absolute Gasteiger partial charge is 0.428 e.